The highest BCUT2D eigenvalue weighted by molar-refractivity contribution is 8.12. The highest BCUT2D eigenvalue weighted by Gasteiger charge is 2.84. The summed E-state index contributed by atoms with van der Waals surface area (Å²) in [6.07, 6.45) is 2.62. The Labute approximate surface area is 219 Å². The van der Waals surface area contributed by atoms with Crippen molar-refractivity contribution in [2.45, 2.75) is 41.1 Å². The summed E-state index contributed by atoms with van der Waals surface area (Å²) in [6.45, 7) is 3.28. The van der Waals surface area contributed by atoms with Crippen LogP contribution >= 0.6 is 34.9 Å². The fourth-order valence-electron chi connectivity index (χ4n) is 5.35. The van der Waals surface area contributed by atoms with Crippen molar-refractivity contribution in [2.24, 2.45) is 0 Å². The predicted octanol–water partition coefficient (Wildman–Crippen LogP) is 8.51. The Hall–Kier alpha value is -2.37. The summed E-state index contributed by atoms with van der Waals surface area (Å²) in [5.41, 5.74) is -2.05. The van der Waals surface area contributed by atoms with Crippen LogP contribution in [0.25, 0.3) is 15.3 Å². The third-order valence-corrected chi connectivity index (χ3v) is 11.9. The van der Waals surface area contributed by atoms with Crippen LogP contribution in [-0.4, -0.2) is 38.3 Å². The smallest absolute Gasteiger partial charge is 0.380 e. The number of fused-ring (bicyclic) bond motifs is 4. The summed E-state index contributed by atoms with van der Waals surface area (Å²) < 4.78 is 87.1. The number of halogens is 6. The van der Waals surface area contributed by atoms with E-state index in [1.54, 1.807) is 38.1 Å². The largest absolute Gasteiger partial charge is 0.478 e. The number of aromatic carboxylic acids is 1. The molecule has 1 aromatic carbocycles. The number of rotatable bonds is 3. The van der Waals surface area contributed by atoms with E-state index >= 15 is 17.6 Å². The zero-order valence-corrected chi connectivity index (χ0v) is 21.5. The Morgan fingerprint density at radius 3 is 2.03 bits per heavy atom. The lowest BCUT2D eigenvalue weighted by molar-refractivity contribution is -0.258. The molecule has 192 valence electrons. The molecule has 2 nitrogen and oxygen atoms in total. The van der Waals surface area contributed by atoms with Crippen LogP contribution in [0.1, 0.15) is 29.1 Å². The summed E-state index contributed by atoms with van der Waals surface area (Å²) in [7, 11) is 0. The second kappa shape index (κ2) is 7.39. The van der Waals surface area contributed by atoms with E-state index in [4.69, 9.17) is 5.11 Å². The van der Waals surface area contributed by atoms with E-state index in [1.807, 2.05) is 0 Å². The number of hydrogen-bond acceptors (Lipinski definition) is 4. The van der Waals surface area contributed by atoms with Crippen LogP contribution in [0.5, 0.6) is 0 Å². The van der Waals surface area contributed by atoms with Gasteiger partial charge in [0.2, 0.25) is 0 Å². The van der Waals surface area contributed by atoms with E-state index in [0.717, 1.165) is 22.2 Å². The first-order valence-corrected chi connectivity index (χ1v) is 13.5. The molecule has 1 aromatic heterocycles. The molecule has 6 rings (SSSR count). The van der Waals surface area contributed by atoms with Crippen LogP contribution in [0, 0.1) is 0 Å². The monoisotopic (exact) mass is 570 g/mol. The van der Waals surface area contributed by atoms with Crippen molar-refractivity contribution >= 4 is 45.7 Å². The molecule has 2 atom stereocenters. The first-order valence-electron chi connectivity index (χ1n) is 11.0. The van der Waals surface area contributed by atoms with E-state index in [9.17, 15) is 13.6 Å². The lowest BCUT2D eigenvalue weighted by atomic mass is 9.71. The van der Waals surface area contributed by atoms with Gasteiger partial charge in [0.15, 0.2) is 0 Å². The number of benzene rings is 1. The molecule has 0 spiro atoms. The minimum atomic E-state index is -5.56. The van der Waals surface area contributed by atoms with Crippen molar-refractivity contribution in [1.29, 1.82) is 0 Å². The van der Waals surface area contributed by atoms with Crippen LogP contribution in [-0.2, 0) is 0 Å². The van der Waals surface area contributed by atoms with Gasteiger partial charge in [-0.25, -0.2) is 4.79 Å². The first-order chi connectivity index (χ1) is 17.2. The van der Waals surface area contributed by atoms with Gasteiger partial charge in [0.1, 0.15) is 0 Å². The lowest BCUT2D eigenvalue weighted by Crippen LogP contribution is -2.48. The Bertz CT molecular complexity index is 1510. The summed E-state index contributed by atoms with van der Waals surface area (Å²) in [5, 5.41) is 10.6. The molecule has 1 saturated carbocycles. The molecule has 1 fully saturated rings. The summed E-state index contributed by atoms with van der Waals surface area (Å²) >= 11 is 3.68. The zero-order valence-electron chi connectivity index (χ0n) is 19.0. The average Bonchev–Trinajstić information content (AvgIpc) is 3.56. The van der Waals surface area contributed by atoms with Crippen molar-refractivity contribution in [3.63, 3.8) is 0 Å². The van der Waals surface area contributed by atoms with Gasteiger partial charge in [-0.15, -0.1) is 34.9 Å². The first kappa shape index (κ1) is 24.9. The van der Waals surface area contributed by atoms with Crippen molar-refractivity contribution in [3.8, 4) is 10.4 Å². The number of allylic oxidation sites excluding steroid dienone is 4. The Morgan fingerprint density at radius 2 is 1.41 bits per heavy atom. The topological polar surface area (TPSA) is 37.3 Å². The van der Waals surface area contributed by atoms with Crippen LogP contribution in [0.2, 0.25) is 0 Å². The molecule has 0 saturated heterocycles. The molecule has 11 heteroatoms. The standard InChI is InChI=1S/C26H16F6O2S3/c1-22-14(9-10-35-22)19-20(25(29,30)26(31,32)24(19,27)28)15-11-18(37-23(15,22)2)17-8-7-16(36-17)12-3-5-13(6-4-12)21(33)34/h3-11H,1-2H3,(H,33,34)/t22-,23-/m1/s1. The van der Waals surface area contributed by atoms with E-state index in [-0.39, 0.29) is 16.7 Å². The molecule has 0 radical (unpaired) electrons. The molecule has 2 aliphatic carbocycles. The van der Waals surface area contributed by atoms with Gasteiger partial charge in [-0.1, -0.05) is 18.2 Å². The molecule has 0 amide bonds. The maximum Gasteiger partial charge on any atom is 0.380 e. The highest BCUT2D eigenvalue weighted by atomic mass is 32.2. The van der Waals surface area contributed by atoms with Gasteiger partial charge >= 0.3 is 23.7 Å². The number of alkyl halides is 6. The Balaban J connectivity index is 1.51. The number of hydrogen-bond donors (Lipinski definition) is 1. The van der Waals surface area contributed by atoms with E-state index in [2.05, 4.69) is 0 Å². The molecule has 1 N–H and O–H groups in total. The highest BCUT2D eigenvalue weighted by Crippen LogP contribution is 2.74. The zero-order chi connectivity index (χ0) is 26.8. The maximum atomic E-state index is 15.2. The van der Waals surface area contributed by atoms with Gasteiger partial charge in [0.05, 0.1) is 15.1 Å². The predicted molar refractivity (Wildman–Crippen MR) is 135 cm³/mol. The molecule has 0 bridgehead atoms. The second-order valence-electron chi connectivity index (χ2n) is 9.44. The van der Waals surface area contributed by atoms with Crippen LogP contribution in [0.4, 0.5) is 26.3 Å². The molecular weight excluding hydrogens is 554 g/mol. The molecule has 2 aromatic rings. The van der Waals surface area contributed by atoms with Gasteiger partial charge in [-0.2, -0.15) is 26.3 Å². The number of thioether (sulfide) groups is 2. The lowest BCUT2D eigenvalue weighted by Gasteiger charge is -2.47. The minimum absolute atomic E-state index is 0.126. The van der Waals surface area contributed by atoms with Crippen molar-refractivity contribution in [1.82, 2.24) is 0 Å². The summed E-state index contributed by atoms with van der Waals surface area (Å²) in [6, 6.07) is 9.76. The fraction of sp³-hybridized carbons (Fsp3) is 0.269. The van der Waals surface area contributed by atoms with Gasteiger partial charge in [0.25, 0.3) is 0 Å². The average molecular weight is 571 g/mol. The third-order valence-electron chi connectivity index (χ3n) is 7.54. The van der Waals surface area contributed by atoms with E-state index in [1.165, 1.54) is 52.8 Å². The molecule has 2 aliphatic heterocycles. The van der Waals surface area contributed by atoms with Gasteiger partial charge in [0, 0.05) is 25.8 Å². The maximum absolute atomic E-state index is 15.2. The van der Waals surface area contributed by atoms with Crippen LogP contribution < -0.4 is 0 Å². The summed E-state index contributed by atoms with van der Waals surface area (Å²) in [4.78, 5) is 13.1. The second-order valence-corrected chi connectivity index (χ2v) is 13.3. The van der Waals surface area contributed by atoms with Crippen molar-refractivity contribution < 1.29 is 36.2 Å². The van der Waals surface area contributed by atoms with Gasteiger partial charge in [-0.05, 0) is 66.3 Å². The normalized spacial score (nSPS) is 30.3. The molecule has 37 heavy (non-hydrogen) atoms. The number of carboxylic acid groups (broad SMARTS) is 1. The Kier molecular flexibility index (Phi) is 4.98. The minimum Gasteiger partial charge on any atom is -0.478 e. The van der Waals surface area contributed by atoms with Gasteiger partial charge < -0.3 is 5.11 Å². The van der Waals surface area contributed by atoms with Crippen LogP contribution in [0.15, 0.2) is 76.3 Å². The Morgan fingerprint density at radius 1 is 0.811 bits per heavy atom. The van der Waals surface area contributed by atoms with Crippen molar-refractivity contribution in [3.05, 3.63) is 86.7 Å². The molecular formula is C26H16F6O2S3. The quantitative estimate of drug-likeness (QED) is 0.376. The van der Waals surface area contributed by atoms with E-state index in [0.29, 0.717) is 9.78 Å². The van der Waals surface area contributed by atoms with Crippen LogP contribution in [0.3, 0.4) is 0 Å². The van der Waals surface area contributed by atoms with E-state index < -0.39 is 44.4 Å². The molecule has 0 unspecified atom stereocenters. The summed E-state index contributed by atoms with van der Waals surface area (Å²) in [5.74, 6) is -16.7. The number of carboxylic acids is 1. The molecule has 4 aliphatic rings. The molecule has 3 heterocycles. The van der Waals surface area contributed by atoms with Gasteiger partial charge in [-0.3, -0.25) is 0 Å². The number of carbonyl (C=O) groups is 1. The number of thiophene rings is 1. The fourth-order valence-corrected chi connectivity index (χ4v) is 9.26. The third kappa shape index (κ3) is 2.90. The SMILES string of the molecule is C[C@@]12SC=CC1=C1C(=C3C=C(c4ccc(-c5ccc(C(=O)O)cc5)s4)S[C@]32C)C(F)(F)C(F)(F)C1(F)F. The van der Waals surface area contributed by atoms with Crippen molar-refractivity contribution in [2.75, 3.05) is 0 Å².